The summed E-state index contributed by atoms with van der Waals surface area (Å²) in [6.07, 6.45) is 4.01. The van der Waals surface area contributed by atoms with Crippen molar-refractivity contribution in [1.29, 1.82) is 0 Å². The smallest absolute Gasteiger partial charge is 0.243 e. The van der Waals surface area contributed by atoms with Crippen molar-refractivity contribution in [2.45, 2.75) is 31.7 Å². The molecule has 0 amide bonds. The third kappa shape index (κ3) is 2.74. The highest BCUT2D eigenvalue weighted by atomic mass is 16.5. The lowest BCUT2D eigenvalue weighted by atomic mass is 10.2. The molecule has 0 bridgehead atoms. The molecule has 9 nitrogen and oxygen atoms in total. The van der Waals surface area contributed by atoms with Gasteiger partial charge in [0.15, 0.2) is 11.5 Å². The minimum Gasteiger partial charge on any atom is -0.353 e. The van der Waals surface area contributed by atoms with Gasteiger partial charge in [-0.15, -0.1) is 15.3 Å². The topological polar surface area (TPSA) is 88.5 Å². The summed E-state index contributed by atoms with van der Waals surface area (Å²) in [6.45, 7) is 5.83. The molecular formula is C16H20N8O. The van der Waals surface area contributed by atoms with Crippen LogP contribution >= 0.6 is 0 Å². The van der Waals surface area contributed by atoms with Crippen molar-refractivity contribution in [3.63, 3.8) is 0 Å². The zero-order chi connectivity index (χ0) is 16.8. The maximum atomic E-state index is 5.49. The standard InChI is InChI=1S/C16H20N8O/c1-11(16-18-15(21-25-16)12-2-3-12)22-6-8-23(9-7-22)14-5-4-13-19-17-10-24(13)20-14/h4-5,10-12H,2-3,6-9H2,1H3/t11-/m1/s1. The molecule has 1 atom stereocenters. The number of aromatic nitrogens is 6. The first-order valence-corrected chi connectivity index (χ1v) is 8.77. The quantitative estimate of drug-likeness (QED) is 0.701. The summed E-state index contributed by atoms with van der Waals surface area (Å²) in [5.74, 6) is 3.10. The Morgan fingerprint density at radius 2 is 2.00 bits per heavy atom. The van der Waals surface area contributed by atoms with Crippen LogP contribution in [0.1, 0.15) is 43.4 Å². The van der Waals surface area contributed by atoms with E-state index in [1.54, 1.807) is 10.8 Å². The number of hydrogen-bond donors (Lipinski definition) is 0. The van der Waals surface area contributed by atoms with Crippen LogP contribution in [0.15, 0.2) is 23.0 Å². The molecule has 25 heavy (non-hydrogen) atoms. The summed E-state index contributed by atoms with van der Waals surface area (Å²) in [6, 6.07) is 4.10. The van der Waals surface area contributed by atoms with Gasteiger partial charge in [0, 0.05) is 32.1 Å². The fraction of sp³-hybridized carbons (Fsp3) is 0.562. The summed E-state index contributed by atoms with van der Waals surface area (Å²) >= 11 is 0. The zero-order valence-corrected chi connectivity index (χ0v) is 14.1. The van der Waals surface area contributed by atoms with E-state index in [2.05, 4.69) is 42.2 Å². The molecule has 1 saturated carbocycles. The minimum atomic E-state index is 0.149. The highest BCUT2D eigenvalue weighted by Gasteiger charge is 2.31. The lowest BCUT2D eigenvalue weighted by Crippen LogP contribution is -2.47. The normalized spacial score (nSPS) is 20.3. The molecule has 2 fully saturated rings. The lowest BCUT2D eigenvalue weighted by Gasteiger charge is -2.37. The molecule has 1 aliphatic heterocycles. The Labute approximate surface area is 144 Å². The highest BCUT2D eigenvalue weighted by molar-refractivity contribution is 5.45. The largest absolute Gasteiger partial charge is 0.353 e. The van der Waals surface area contributed by atoms with Crippen molar-refractivity contribution in [1.82, 2.24) is 34.9 Å². The van der Waals surface area contributed by atoms with Gasteiger partial charge in [-0.1, -0.05) is 5.16 Å². The van der Waals surface area contributed by atoms with Gasteiger partial charge in [0.2, 0.25) is 5.89 Å². The predicted molar refractivity (Wildman–Crippen MR) is 89.3 cm³/mol. The molecule has 0 unspecified atom stereocenters. The van der Waals surface area contributed by atoms with Gasteiger partial charge in [-0.25, -0.2) is 0 Å². The van der Waals surface area contributed by atoms with Gasteiger partial charge in [0.05, 0.1) is 6.04 Å². The number of hydrogen-bond acceptors (Lipinski definition) is 8. The van der Waals surface area contributed by atoms with Crippen LogP contribution in [0.3, 0.4) is 0 Å². The van der Waals surface area contributed by atoms with Crippen LogP contribution in [0.2, 0.25) is 0 Å². The van der Waals surface area contributed by atoms with E-state index in [0.717, 1.165) is 49.4 Å². The maximum Gasteiger partial charge on any atom is 0.243 e. The van der Waals surface area contributed by atoms with Crippen LogP contribution < -0.4 is 4.90 Å². The summed E-state index contributed by atoms with van der Waals surface area (Å²) in [7, 11) is 0. The first kappa shape index (κ1) is 14.8. The number of fused-ring (bicyclic) bond motifs is 1. The molecule has 0 N–H and O–H groups in total. The molecule has 2 aliphatic rings. The zero-order valence-electron chi connectivity index (χ0n) is 14.1. The second-order valence-corrected chi connectivity index (χ2v) is 6.79. The van der Waals surface area contributed by atoms with Crippen LogP contribution in [0, 0.1) is 0 Å². The molecule has 3 aromatic heterocycles. The van der Waals surface area contributed by atoms with Gasteiger partial charge in [-0.05, 0) is 31.9 Å². The van der Waals surface area contributed by atoms with Gasteiger partial charge in [-0.3, -0.25) is 4.90 Å². The fourth-order valence-electron chi connectivity index (χ4n) is 3.31. The second kappa shape index (κ2) is 5.76. The van der Waals surface area contributed by atoms with Crippen molar-refractivity contribution in [2.24, 2.45) is 0 Å². The molecule has 5 rings (SSSR count). The fourth-order valence-corrected chi connectivity index (χ4v) is 3.31. The summed E-state index contributed by atoms with van der Waals surface area (Å²) in [5.41, 5.74) is 0.763. The van der Waals surface area contributed by atoms with E-state index in [-0.39, 0.29) is 6.04 Å². The van der Waals surface area contributed by atoms with Gasteiger partial charge >= 0.3 is 0 Å². The van der Waals surface area contributed by atoms with Crippen molar-refractivity contribution >= 4 is 11.5 Å². The molecular weight excluding hydrogens is 320 g/mol. The SMILES string of the molecule is C[C@H](c1nc(C2CC2)no1)N1CCN(c2ccc3nncn3n2)CC1. The first-order chi connectivity index (χ1) is 12.3. The van der Waals surface area contributed by atoms with Crippen molar-refractivity contribution in [2.75, 3.05) is 31.1 Å². The Kier molecular flexibility index (Phi) is 3.40. The van der Waals surface area contributed by atoms with Crippen LogP contribution in [-0.4, -0.2) is 61.0 Å². The van der Waals surface area contributed by atoms with Gasteiger partial charge in [0.25, 0.3) is 0 Å². The number of nitrogens with zero attached hydrogens (tertiary/aromatic N) is 8. The molecule has 0 spiro atoms. The number of anilines is 1. The van der Waals surface area contributed by atoms with Gasteiger partial charge in [-0.2, -0.15) is 9.50 Å². The molecule has 3 aromatic rings. The Hall–Kier alpha value is -2.55. The van der Waals surface area contributed by atoms with Crippen LogP contribution in [0.4, 0.5) is 5.82 Å². The Morgan fingerprint density at radius 3 is 2.80 bits per heavy atom. The van der Waals surface area contributed by atoms with Crippen molar-refractivity contribution in [3.05, 3.63) is 30.2 Å². The molecule has 1 saturated heterocycles. The Balaban J connectivity index is 1.25. The van der Waals surface area contributed by atoms with E-state index in [4.69, 9.17) is 4.52 Å². The van der Waals surface area contributed by atoms with Crippen LogP contribution in [0.25, 0.3) is 5.65 Å². The molecule has 9 heteroatoms. The molecule has 0 aromatic carbocycles. The minimum absolute atomic E-state index is 0.149. The number of piperazine rings is 1. The summed E-state index contributed by atoms with van der Waals surface area (Å²) in [5, 5.41) is 16.6. The van der Waals surface area contributed by atoms with E-state index in [0.29, 0.717) is 5.92 Å². The average molecular weight is 340 g/mol. The van der Waals surface area contributed by atoms with Gasteiger partial charge < -0.3 is 9.42 Å². The van der Waals surface area contributed by atoms with Crippen molar-refractivity contribution in [3.8, 4) is 0 Å². The first-order valence-electron chi connectivity index (χ1n) is 8.77. The van der Waals surface area contributed by atoms with E-state index >= 15 is 0 Å². The van der Waals surface area contributed by atoms with Crippen LogP contribution in [0.5, 0.6) is 0 Å². The predicted octanol–water partition coefficient (Wildman–Crippen LogP) is 1.27. The molecule has 0 radical (unpaired) electrons. The Morgan fingerprint density at radius 1 is 1.16 bits per heavy atom. The monoisotopic (exact) mass is 340 g/mol. The summed E-state index contributed by atoms with van der Waals surface area (Å²) in [4.78, 5) is 9.26. The Bertz CT molecular complexity index is 877. The number of rotatable bonds is 4. The maximum absolute atomic E-state index is 5.49. The third-order valence-corrected chi connectivity index (χ3v) is 5.09. The third-order valence-electron chi connectivity index (χ3n) is 5.09. The van der Waals surface area contributed by atoms with E-state index < -0.39 is 0 Å². The van der Waals surface area contributed by atoms with E-state index in [1.165, 1.54) is 12.8 Å². The van der Waals surface area contributed by atoms with Crippen LogP contribution in [-0.2, 0) is 0 Å². The van der Waals surface area contributed by atoms with E-state index in [1.807, 2.05) is 12.1 Å². The summed E-state index contributed by atoms with van der Waals surface area (Å²) < 4.78 is 7.20. The highest BCUT2D eigenvalue weighted by Crippen LogP contribution is 2.38. The lowest BCUT2D eigenvalue weighted by molar-refractivity contribution is 0.164. The van der Waals surface area contributed by atoms with E-state index in [9.17, 15) is 0 Å². The molecule has 130 valence electrons. The second-order valence-electron chi connectivity index (χ2n) is 6.79. The molecule has 1 aliphatic carbocycles. The van der Waals surface area contributed by atoms with Crippen molar-refractivity contribution < 1.29 is 4.52 Å². The van der Waals surface area contributed by atoms with Gasteiger partial charge in [0.1, 0.15) is 12.1 Å². The molecule has 4 heterocycles. The average Bonchev–Trinajstić information content (AvgIpc) is 3.20.